The standard InChI is InChI=1S/C18H30N4O.HI/c1-4-6-7-8-14(3)22-18(20-5-2)21-13-15-9-11-16(12-10-15)17(19)23;/h9-12,14H,4-8,13H2,1-3H3,(H2,19,23)(H2,20,21,22);1H. The number of hydrogen-bond donors (Lipinski definition) is 3. The summed E-state index contributed by atoms with van der Waals surface area (Å²) in [6.07, 6.45) is 4.89. The van der Waals surface area contributed by atoms with Crippen molar-refractivity contribution in [2.45, 2.75) is 59.0 Å². The summed E-state index contributed by atoms with van der Waals surface area (Å²) in [4.78, 5) is 15.7. The Morgan fingerprint density at radius 3 is 2.42 bits per heavy atom. The van der Waals surface area contributed by atoms with Crippen LogP contribution in [0.3, 0.4) is 0 Å². The van der Waals surface area contributed by atoms with Gasteiger partial charge in [-0.05, 0) is 38.0 Å². The average Bonchev–Trinajstić information content (AvgIpc) is 2.53. The van der Waals surface area contributed by atoms with E-state index in [1.54, 1.807) is 12.1 Å². The van der Waals surface area contributed by atoms with E-state index in [1.165, 1.54) is 19.3 Å². The Balaban J connectivity index is 0.00000529. The number of aliphatic imine (C=N–C) groups is 1. The van der Waals surface area contributed by atoms with Crippen LogP contribution < -0.4 is 16.4 Å². The summed E-state index contributed by atoms with van der Waals surface area (Å²) in [6.45, 7) is 7.85. The summed E-state index contributed by atoms with van der Waals surface area (Å²) in [5.74, 6) is 0.423. The van der Waals surface area contributed by atoms with Crippen LogP contribution in [-0.4, -0.2) is 24.5 Å². The molecule has 4 N–H and O–H groups in total. The minimum Gasteiger partial charge on any atom is -0.366 e. The second-order valence-electron chi connectivity index (χ2n) is 5.80. The van der Waals surface area contributed by atoms with Gasteiger partial charge in [0.1, 0.15) is 0 Å². The lowest BCUT2D eigenvalue weighted by molar-refractivity contribution is 0.100. The summed E-state index contributed by atoms with van der Waals surface area (Å²) in [5, 5.41) is 6.71. The number of hydrogen-bond acceptors (Lipinski definition) is 2. The van der Waals surface area contributed by atoms with Crippen molar-refractivity contribution in [2.24, 2.45) is 10.7 Å². The van der Waals surface area contributed by atoms with Crippen molar-refractivity contribution in [2.75, 3.05) is 6.54 Å². The normalized spacial score (nSPS) is 12.2. The molecule has 0 spiro atoms. The maximum absolute atomic E-state index is 11.1. The Hall–Kier alpha value is -1.31. The SMILES string of the molecule is CCCCCC(C)NC(=NCc1ccc(C(N)=O)cc1)NCC.I. The van der Waals surface area contributed by atoms with E-state index in [9.17, 15) is 4.79 Å². The van der Waals surface area contributed by atoms with Gasteiger partial charge in [0.25, 0.3) is 0 Å². The van der Waals surface area contributed by atoms with Crippen molar-refractivity contribution < 1.29 is 4.79 Å². The van der Waals surface area contributed by atoms with Crippen LogP contribution in [0.4, 0.5) is 0 Å². The molecule has 1 aromatic rings. The highest BCUT2D eigenvalue weighted by molar-refractivity contribution is 14.0. The van der Waals surface area contributed by atoms with Crippen LogP contribution in [-0.2, 0) is 6.54 Å². The van der Waals surface area contributed by atoms with Gasteiger partial charge in [-0.1, -0.05) is 38.3 Å². The molecule has 0 saturated heterocycles. The largest absolute Gasteiger partial charge is 0.366 e. The first kappa shape index (κ1) is 22.7. The monoisotopic (exact) mass is 446 g/mol. The lowest BCUT2D eigenvalue weighted by atomic mass is 10.1. The fourth-order valence-corrected chi connectivity index (χ4v) is 2.27. The number of halogens is 1. The maximum atomic E-state index is 11.1. The number of nitrogens with zero attached hydrogens (tertiary/aromatic N) is 1. The second-order valence-corrected chi connectivity index (χ2v) is 5.80. The van der Waals surface area contributed by atoms with Crippen LogP contribution in [0.5, 0.6) is 0 Å². The zero-order valence-electron chi connectivity index (χ0n) is 15.0. The number of benzene rings is 1. The van der Waals surface area contributed by atoms with Crippen molar-refractivity contribution >= 4 is 35.8 Å². The van der Waals surface area contributed by atoms with Gasteiger partial charge in [0.2, 0.25) is 5.91 Å². The van der Waals surface area contributed by atoms with E-state index in [0.717, 1.165) is 24.5 Å². The molecule has 6 heteroatoms. The van der Waals surface area contributed by atoms with Gasteiger partial charge in [-0.3, -0.25) is 4.79 Å². The predicted octanol–water partition coefficient (Wildman–Crippen LogP) is 3.43. The zero-order chi connectivity index (χ0) is 17.1. The first-order chi connectivity index (χ1) is 11.1. The highest BCUT2D eigenvalue weighted by Gasteiger charge is 2.05. The summed E-state index contributed by atoms with van der Waals surface area (Å²) in [5.41, 5.74) is 6.81. The molecule has 24 heavy (non-hydrogen) atoms. The number of primary amides is 1. The number of rotatable bonds is 9. The van der Waals surface area contributed by atoms with Gasteiger partial charge >= 0.3 is 0 Å². The van der Waals surface area contributed by atoms with Gasteiger partial charge in [0, 0.05) is 18.2 Å². The quantitative estimate of drug-likeness (QED) is 0.235. The Morgan fingerprint density at radius 1 is 1.21 bits per heavy atom. The van der Waals surface area contributed by atoms with Crippen LogP contribution in [0.1, 0.15) is 62.4 Å². The lowest BCUT2D eigenvalue weighted by Gasteiger charge is -2.17. The van der Waals surface area contributed by atoms with Crippen molar-refractivity contribution in [1.82, 2.24) is 10.6 Å². The summed E-state index contributed by atoms with van der Waals surface area (Å²) in [6, 6.07) is 7.65. The van der Waals surface area contributed by atoms with Crippen molar-refractivity contribution in [1.29, 1.82) is 0 Å². The zero-order valence-corrected chi connectivity index (χ0v) is 17.3. The van der Waals surface area contributed by atoms with Gasteiger partial charge in [0.15, 0.2) is 5.96 Å². The lowest BCUT2D eigenvalue weighted by Crippen LogP contribution is -2.42. The molecular formula is C18H31IN4O. The fraction of sp³-hybridized carbons (Fsp3) is 0.556. The maximum Gasteiger partial charge on any atom is 0.248 e. The highest BCUT2D eigenvalue weighted by atomic mass is 127. The predicted molar refractivity (Wildman–Crippen MR) is 112 cm³/mol. The van der Waals surface area contributed by atoms with E-state index in [4.69, 9.17) is 5.73 Å². The molecule has 0 bridgehead atoms. The van der Waals surface area contributed by atoms with E-state index in [2.05, 4.69) is 36.4 Å². The molecular weight excluding hydrogens is 415 g/mol. The number of amides is 1. The number of unbranched alkanes of at least 4 members (excludes halogenated alkanes) is 2. The summed E-state index contributed by atoms with van der Waals surface area (Å²) < 4.78 is 0. The summed E-state index contributed by atoms with van der Waals surface area (Å²) in [7, 11) is 0. The Kier molecular flexibility index (Phi) is 12.3. The molecule has 136 valence electrons. The van der Waals surface area contributed by atoms with Crippen LogP contribution in [0.25, 0.3) is 0 Å². The van der Waals surface area contributed by atoms with Crippen LogP contribution in [0.15, 0.2) is 29.3 Å². The molecule has 0 aliphatic heterocycles. The molecule has 1 atom stereocenters. The highest BCUT2D eigenvalue weighted by Crippen LogP contribution is 2.06. The number of nitrogens with two attached hydrogens (primary N) is 1. The third-order valence-corrected chi connectivity index (χ3v) is 3.63. The average molecular weight is 446 g/mol. The second kappa shape index (κ2) is 13.0. The van der Waals surface area contributed by atoms with E-state index in [0.29, 0.717) is 18.2 Å². The van der Waals surface area contributed by atoms with Crippen LogP contribution >= 0.6 is 24.0 Å². The Morgan fingerprint density at radius 2 is 1.88 bits per heavy atom. The van der Waals surface area contributed by atoms with E-state index >= 15 is 0 Å². The first-order valence-electron chi connectivity index (χ1n) is 8.50. The molecule has 0 aliphatic rings. The molecule has 5 nitrogen and oxygen atoms in total. The van der Waals surface area contributed by atoms with E-state index < -0.39 is 5.91 Å². The molecule has 0 fully saturated rings. The number of carbonyl (C=O) groups is 1. The third kappa shape index (κ3) is 9.10. The Labute approximate surface area is 162 Å². The number of guanidine groups is 1. The van der Waals surface area contributed by atoms with E-state index in [-0.39, 0.29) is 24.0 Å². The molecule has 1 unspecified atom stereocenters. The minimum absolute atomic E-state index is 0. The van der Waals surface area contributed by atoms with Gasteiger partial charge in [-0.25, -0.2) is 4.99 Å². The minimum atomic E-state index is -0.407. The molecule has 1 aromatic carbocycles. The molecule has 1 rings (SSSR count). The smallest absolute Gasteiger partial charge is 0.248 e. The van der Waals surface area contributed by atoms with Crippen molar-refractivity contribution in [3.8, 4) is 0 Å². The molecule has 1 amide bonds. The van der Waals surface area contributed by atoms with Crippen LogP contribution in [0.2, 0.25) is 0 Å². The number of carbonyl (C=O) groups excluding carboxylic acids is 1. The fourth-order valence-electron chi connectivity index (χ4n) is 2.27. The van der Waals surface area contributed by atoms with Gasteiger partial charge in [-0.15, -0.1) is 24.0 Å². The van der Waals surface area contributed by atoms with Gasteiger partial charge in [0.05, 0.1) is 6.54 Å². The molecule has 0 radical (unpaired) electrons. The van der Waals surface area contributed by atoms with Crippen LogP contribution in [0, 0.1) is 0 Å². The number of nitrogens with one attached hydrogen (secondary N) is 2. The topological polar surface area (TPSA) is 79.5 Å². The molecule has 0 aromatic heterocycles. The molecule has 0 saturated carbocycles. The first-order valence-corrected chi connectivity index (χ1v) is 8.50. The van der Waals surface area contributed by atoms with Gasteiger partial charge < -0.3 is 16.4 Å². The van der Waals surface area contributed by atoms with Crippen molar-refractivity contribution in [3.05, 3.63) is 35.4 Å². The van der Waals surface area contributed by atoms with Crippen molar-refractivity contribution in [3.63, 3.8) is 0 Å². The summed E-state index contributed by atoms with van der Waals surface area (Å²) >= 11 is 0. The molecule has 0 heterocycles. The molecule has 0 aliphatic carbocycles. The van der Waals surface area contributed by atoms with E-state index in [1.807, 2.05) is 12.1 Å². The third-order valence-electron chi connectivity index (χ3n) is 3.63. The van der Waals surface area contributed by atoms with Gasteiger partial charge in [-0.2, -0.15) is 0 Å². The Bertz CT molecular complexity index is 502.